The number of aryl methyl sites for hydroxylation is 2. The van der Waals surface area contributed by atoms with E-state index < -0.39 is 0 Å². The number of rotatable bonds is 7. The zero-order valence-corrected chi connectivity index (χ0v) is 15.3. The van der Waals surface area contributed by atoms with Gasteiger partial charge >= 0.3 is 0 Å². The van der Waals surface area contributed by atoms with Gasteiger partial charge in [-0.3, -0.25) is 0 Å². The van der Waals surface area contributed by atoms with Crippen molar-refractivity contribution in [3.63, 3.8) is 0 Å². The van der Waals surface area contributed by atoms with E-state index in [4.69, 9.17) is 0 Å². The Bertz CT molecular complexity index is 831. The molecule has 3 rings (SSSR count). The molecule has 0 aliphatic heterocycles. The van der Waals surface area contributed by atoms with Crippen LogP contribution in [0.2, 0.25) is 0 Å². The highest BCUT2D eigenvalue weighted by Gasteiger charge is 2.08. The summed E-state index contributed by atoms with van der Waals surface area (Å²) in [5.41, 5.74) is 4.56. The monoisotopic (exact) mass is 334 g/mol. The molecule has 0 nitrogen and oxygen atoms in total. The molecule has 0 atom stereocenters. The van der Waals surface area contributed by atoms with Crippen LogP contribution in [0.25, 0.3) is 21.9 Å². The van der Waals surface area contributed by atoms with Crippen molar-refractivity contribution in [3.05, 3.63) is 71.5 Å². The van der Waals surface area contributed by atoms with Gasteiger partial charge in [0.05, 0.1) is 0 Å². The molecule has 0 bridgehead atoms. The summed E-state index contributed by atoms with van der Waals surface area (Å²) >= 11 is 0. The molecule has 0 saturated carbocycles. The Morgan fingerprint density at radius 3 is 2.20 bits per heavy atom. The molecule has 0 heterocycles. The van der Waals surface area contributed by atoms with Gasteiger partial charge in [-0.2, -0.15) is 0 Å². The second kappa shape index (κ2) is 8.29. The third kappa shape index (κ3) is 4.10. The summed E-state index contributed by atoms with van der Waals surface area (Å²) in [4.78, 5) is 0. The van der Waals surface area contributed by atoms with E-state index in [-0.39, 0.29) is 5.82 Å². The molecular weight excluding hydrogens is 307 g/mol. The Morgan fingerprint density at radius 1 is 0.720 bits per heavy atom. The largest absolute Gasteiger partial charge is 0.206 e. The SMILES string of the molecule is CCCCCc1ccc(-c2ccc3c(F)c(CCC)ccc3c2)cc1. The summed E-state index contributed by atoms with van der Waals surface area (Å²) in [6.07, 6.45) is 6.71. The van der Waals surface area contributed by atoms with E-state index in [2.05, 4.69) is 44.2 Å². The van der Waals surface area contributed by atoms with Crippen molar-refractivity contribution in [1.29, 1.82) is 0 Å². The lowest BCUT2D eigenvalue weighted by molar-refractivity contribution is 0.619. The van der Waals surface area contributed by atoms with Crippen LogP contribution in [0.15, 0.2) is 54.6 Å². The van der Waals surface area contributed by atoms with Crippen LogP contribution in [0, 0.1) is 5.82 Å². The molecule has 0 aromatic heterocycles. The van der Waals surface area contributed by atoms with Gasteiger partial charge in [-0.05, 0) is 53.0 Å². The Labute approximate surface area is 150 Å². The van der Waals surface area contributed by atoms with Crippen molar-refractivity contribution in [3.8, 4) is 11.1 Å². The number of fused-ring (bicyclic) bond motifs is 1. The molecule has 25 heavy (non-hydrogen) atoms. The van der Waals surface area contributed by atoms with Crippen LogP contribution in [0.3, 0.4) is 0 Å². The number of unbranched alkanes of at least 4 members (excludes halogenated alkanes) is 2. The molecule has 1 heteroatoms. The first-order valence-electron chi connectivity index (χ1n) is 9.53. The summed E-state index contributed by atoms with van der Waals surface area (Å²) in [6, 6.07) is 18.9. The highest BCUT2D eigenvalue weighted by Crippen LogP contribution is 2.28. The molecule has 0 radical (unpaired) electrons. The first kappa shape index (κ1) is 17.7. The van der Waals surface area contributed by atoms with Crippen LogP contribution >= 0.6 is 0 Å². The van der Waals surface area contributed by atoms with Gasteiger partial charge in [0.25, 0.3) is 0 Å². The van der Waals surface area contributed by atoms with Gasteiger partial charge in [-0.1, -0.05) is 81.6 Å². The topological polar surface area (TPSA) is 0 Å². The maximum atomic E-state index is 14.6. The lowest BCUT2D eigenvalue weighted by Crippen LogP contribution is -1.91. The zero-order valence-electron chi connectivity index (χ0n) is 15.3. The summed E-state index contributed by atoms with van der Waals surface area (Å²) < 4.78 is 14.6. The fourth-order valence-electron chi connectivity index (χ4n) is 3.42. The summed E-state index contributed by atoms with van der Waals surface area (Å²) in [7, 11) is 0. The zero-order chi connectivity index (χ0) is 17.6. The van der Waals surface area contributed by atoms with Gasteiger partial charge in [0.1, 0.15) is 5.82 Å². The van der Waals surface area contributed by atoms with Crippen molar-refractivity contribution in [1.82, 2.24) is 0 Å². The van der Waals surface area contributed by atoms with Gasteiger partial charge < -0.3 is 0 Å². The van der Waals surface area contributed by atoms with E-state index in [1.807, 2.05) is 24.3 Å². The van der Waals surface area contributed by atoms with E-state index in [9.17, 15) is 4.39 Å². The first-order valence-corrected chi connectivity index (χ1v) is 9.53. The van der Waals surface area contributed by atoms with Crippen LogP contribution in [0.5, 0.6) is 0 Å². The minimum atomic E-state index is -0.0582. The summed E-state index contributed by atoms with van der Waals surface area (Å²) in [5.74, 6) is -0.0582. The van der Waals surface area contributed by atoms with Gasteiger partial charge in [-0.15, -0.1) is 0 Å². The minimum Gasteiger partial charge on any atom is -0.206 e. The Hall–Kier alpha value is -2.15. The molecule has 0 unspecified atom stereocenters. The van der Waals surface area contributed by atoms with E-state index >= 15 is 0 Å². The molecule has 0 amide bonds. The molecule has 3 aromatic rings. The van der Waals surface area contributed by atoms with E-state index in [0.717, 1.165) is 41.2 Å². The van der Waals surface area contributed by atoms with E-state index in [1.165, 1.54) is 30.4 Å². The average molecular weight is 334 g/mol. The third-order valence-corrected chi connectivity index (χ3v) is 4.91. The quantitative estimate of drug-likeness (QED) is 0.397. The van der Waals surface area contributed by atoms with Gasteiger partial charge in [0, 0.05) is 5.39 Å². The van der Waals surface area contributed by atoms with Crippen LogP contribution in [-0.2, 0) is 12.8 Å². The number of benzene rings is 3. The number of hydrogen-bond acceptors (Lipinski definition) is 0. The number of hydrogen-bond donors (Lipinski definition) is 0. The van der Waals surface area contributed by atoms with Crippen molar-refractivity contribution in [2.24, 2.45) is 0 Å². The van der Waals surface area contributed by atoms with Gasteiger partial charge in [-0.25, -0.2) is 4.39 Å². The number of halogens is 1. The molecule has 0 spiro atoms. The lowest BCUT2D eigenvalue weighted by atomic mass is 9.97. The van der Waals surface area contributed by atoms with Crippen molar-refractivity contribution in [2.45, 2.75) is 52.4 Å². The highest BCUT2D eigenvalue weighted by atomic mass is 19.1. The average Bonchev–Trinajstić information content (AvgIpc) is 2.65. The fraction of sp³-hybridized carbons (Fsp3) is 0.333. The predicted octanol–water partition coefficient (Wildman–Crippen LogP) is 7.33. The van der Waals surface area contributed by atoms with Crippen molar-refractivity contribution >= 4 is 10.8 Å². The van der Waals surface area contributed by atoms with Crippen LogP contribution < -0.4 is 0 Å². The molecule has 0 aliphatic rings. The lowest BCUT2D eigenvalue weighted by Gasteiger charge is -2.09. The van der Waals surface area contributed by atoms with Crippen LogP contribution in [0.4, 0.5) is 4.39 Å². The molecule has 3 aromatic carbocycles. The maximum absolute atomic E-state index is 14.6. The second-order valence-corrected chi connectivity index (χ2v) is 6.88. The molecular formula is C24H27F. The summed E-state index contributed by atoms with van der Waals surface area (Å²) in [6.45, 7) is 4.31. The fourth-order valence-corrected chi connectivity index (χ4v) is 3.42. The van der Waals surface area contributed by atoms with E-state index in [0.29, 0.717) is 0 Å². The highest BCUT2D eigenvalue weighted by molar-refractivity contribution is 5.88. The van der Waals surface area contributed by atoms with Crippen molar-refractivity contribution in [2.75, 3.05) is 0 Å². The van der Waals surface area contributed by atoms with E-state index in [1.54, 1.807) is 0 Å². The summed E-state index contributed by atoms with van der Waals surface area (Å²) in [5, 5.41) is 1.70. The predicted molar refractivity (Wildman–Crippen MR) is 107 cm³/mol. The van der Waals surface area contributed by atoms with Gasteiger partial charge in [0.2, 0.25) is 0 Å². The van der Waals surface area contributed by atoms with Gasteiger partial charge in [0.15, 0.2) is 0 Å². The first-order chi connectivity index (χ1) is 12.2. The molecule has 0 aliphatic carbocycles. The maximum Gasteiger partial charge on any atom is 0.134 e. The van der Waals surface area contributed by atoms with Crippen molar-refractivity contribution < 1.29 is 4.39 Å². The molecule has 130 valence electrons. The van der Waals surface area contributed by atoms with Crippen LogP contribution in [-0.4, -0.2) is 0 Å². The molecule has 0 N–H and O–H groups in total. The minimum absolute atomic E-state index is 0.0582. The Kier molecular flexibility index (Phi) is 5.86. The smallest absolute Gasteiger partial charge is 0.134 e. The molecule has 0 saturated heterocycles. The Morgan fingerprint density at radius 2 is 1.48 bits per heavy atom. The third-order valence-electron chi connectivity index (χ3n) is 4.91. The van der Waals surface area contributed by atoms with Crippen LogP contribution in [0.1, 0.15) is 50.7 Å². The molecule has 0 fully saturated rings. The normalized spacial score (nSPS) is 11.2. The Balaban J connectivity index is 1.85. The standard InChI is InChI=1S/C24H27F/c1-3-5-6-8-18-9-11-19(12-10-18)21-15-16-23-22(17-21)14-13-20(7-4-2)24(23)25/h9-17H,3-8H2,1-2H3. The second-order valence-electron chi connectivity index (χ2n) is 6.88.